The summed E-state index contributed by atoms with van der Waals surface area (Å²) in [4.78, 5) is 19.0. The first-order valence-corrected chi connectivity index (χ1v) is 4.92. The molecular weight excluding hydrogens is 232 g/mol. The summed E-state index contributed by atoms with van der Waals surface area (Å²) in [5.74, 6) is -0.607. The zero-order valence-electron chi connectivity index (χ0n) is 8.93. The first-order valence-electron chi connectivity index (χ1n) is 4.92. The minimum Gasteiger partial charge on any atom is -0.461 e. The minimum absolute atomic E-state index is 0.0348. The number of nitrogens with zero attached hydrogens (tertiary/aromatic N) is 3. The lowest BCUT2D eigenvalue weighted by Gasteiger charge is -2.01. The Morgan fingerprint density at radius 1 is 1.59 bits per heavy atom. The number of imidazole rings is 1. The van der Waals surface area contributed by atoms with Gasteiger partial charge in [-0.3, -0.25) is 4.40 Å². The Morgan fingerprint density at radius 2 is 2.35 bits per heavy atom. The molecule has 0 atom stereocenters. The maximum Gasteiger partial charge on any atom is 0.358 e. The molecule has 0 amide bonds. The molecule has 0 bridgehead atoms. The van der Waals surface area contributed by atoms with Gasteiger partial charge >= 0.3 is 5.97 Å². The van der Waals surface area contributed by atoms with Gasteiger partial charge < -0.3 is 4.74 Å². The van der Waals surface area contributed by atoms with Crippen molar-refractivity contribution in [2.24, 2.45) is 0 Å². The smallest absolute Gasteiger partial charge is 0.358 e. The fraction of sp³-hybridized carbons (Fsp3) is 0.300. The molecular formula is C10H9F2N3O2. The van der Waals surface area contributed by atoms with Crippen LogP contribution >= 0.6 is 0 Å². The molecule has 0 aliphatic heterocycles. The molecule has 17 heavy (non-hydrogen) atoms. The van der Waals surface area contributed by atoms with Gasteiger partial charge in [-0.15, -0.1) is 0 Å². The number of alkyl halides is 2. The van der Waals surface area contributed by atoms with E-state index in [1.54, 1.807) is 6.92 Å². The van der Waals surface area contributed by atoms with Gasteiger partial charge in [0.25, 0.3) is 6.43 Å². The highest BCUT2D eigenvalue weighted by atomic mass is 19.3. The van der Waals surface area contributed by atoms with Gasteiger partial charge in [0.05, 0.1) is 12.3 Å². The molecule has 0 N–H and O–H groups in total. The molecule has 0 aliphatic carbocycles. The van der Waals surface area contributed by atoms with Crippen molar-refractivity contribution in [2.45, 2.75) is 13.3 Å². The van der Waals surface area contributed by atoms with E-state index in [9.17, 15) is 13.6 Å². The third-order valence-corrected chi connectivity index (χ3v) is 2.11. The van der Waals surface area contributed by atoms with Crippen molar-refractivity contribution in [3.8, 4) is 0 Å². The topological polar surface area (TPSA) is 56.5 Å². The van der Waals surface area contributed by atoms with Crippen molar-refractivity contribution in [1.29, 1.82) is 0 Å². The molecule has 90 valence electrons. The van der Waals surface area contributed by atoms with E-state index >= 15 is 0 Å². The lowest BCUT2D eigenvalue weighted by atomic mass is 10.4. The molecule has 0 aromatic carbocycles. The molecule has 0 saturated heterocycles. The van der Waals surface area contributed by atoms with Crippen molar-refractivity contribution in [2.75, 3.05) is 6.61 Å². The Kier molecular flexibility index (Phi) is 2.99. The summed E-state index contributed by atoms with van der Waals surface area (Å²) < 4.78 is 31.1. The summed E-state index contributed by atoms with van der Waals surface area (Å²) in [6, 6.07) is 1.17. The number of ether oxygens (including phenoxy) is 1. The number of hydrogen-bond donors (Lipinski definition) is 0. The lowest BCUT2D eigenvalue weighted by molar-refractivity contribution is 0.0520. The second-order valence-electron chi connectivity index (χ2n) is 3.19. The Balaban J connectivity index is 2.50. The maximum absolute atomic E-state index is 12.7. The predicted octanol–water partition coefficient (Wildman–Crippen LogP) is 1.84. The van der Waals surface area contributed by atoms with Crippen LogP contribution in [-0.4, -0.2) is 26.9 Å². The van der Waals surface area contributed by atoms with Gasteiger partial charge in [-0.25, -0.2) is 23.5 Å². The Labute approximate surface area is 95.1 Å². The number of esters is 1. The SMILES string of the molecule is CCOC(=O)c1cn2c(C(F)F)ccnc2n1. The number of fused-ring (bicyclic) bond motifs is 1. The quantitative estimate of drug-likeness (QED) is 0.769. The fourth-order valence-corrected chi connectivity index (χ4v) is 1.39. The van der Waals surface area contributed by atoms with E-state index in [0.29, 0.717) is 0 Å². The molecule has 0 spiro atoms. The van der Waals surface area contributed by atoms with Crippen molar-refractivity contribution in [1.82, 2.24) is 14.4 Å². The largest absolute Gasteiger partial charge is 0.461 e. The highest BCUT2D eigenvalue weighted by molar-refractivity contribution is 5.87. The van der Waals surface area contributed by atoms with E-state index in [0.717, 1.165) is 4.40 Å². The van der Waals surface area contributed by atoms with Gasteiger partial charge in [-0.1, -0.05) is 0 Å². The second-order valence-corrected chi connectivity index (χ2v) is 3.19. The molecule has 7 heteroatoms. The summed E-state index contributed by atoms with van der Waals surface area (Å²) >= 11 is 0. The average Bonchev–Trinajstić information content (AvgIpc) is 2.72. The van der Waals surface area contributed by atoms with Crippen LogP contribution in [0.3, 0.4) is 0 Å². The zero-order chi connectivity index (χ0) is 12.4. The van der Waals surface area contributed by atoms with E-state index in [1.165, 1.54) is 18.5 Å². The van der Waals surface area contributed by atoms with Crippen molar-refractivity contribution >= 4 is 11.7 Å². The van der Waals surface area contributed by atoms with Gasteiger partial charge in [-0.05, 0) is 13.0 Å². The first kappa shape index (κ1) is 11.4. The standard InChI is InChI=1S/C10H9F2N3O2/c1-2-17-9(16)6-5-15-7(8(11)12)3-4-13-10(15)14-6/h3-5,8H,2H2,1H3. The Hall–Kier alpha value is -2.05. The van der Waals surface area contributed by atoms with E-state index in [2.05, 4.69) is 9.97 Å². The Bertz CT molecular complexity index is 553. The highest BCUT2D eigenvalue weighted by Gasteiger charge is 2.17. The monoisotopic (exact) mass is 241 g/mol. The van der Waals surface area contributed by atoms with Gasteiger partial charge in [0, 0.05) is 12.4 Å². The number of rotatable bonds is 3. The third kappa shape index (κ3) is 2.08. The molecule has 0 radical (unpaired) electrons. The van der Waals surface area contributed by atoms with Gasteiger partial charge in [0.2, 0.25) is 5.78 Å². The van der Waals surface area contributed by atoms with Crippen LogP contribution in [0, 0.1) is 0 Å². The molecule has 0 fully saturated rings. The molecule has 2 rings (SSSR count). The number of halogens is 2. The molecule has 0 saturated carbocycles. The third-order valence-electron chi connectivity index (χ3n) is 2.11. The van der Waals surface area contributed by atoms with Gasteiger partial charge in [-0.2, -0.15) is 0 Å². The van der Waals surface area contributed by atoms with E-state index in [-0.39, 0.29) is 23.8 Å². The molecule has 0 unspecified atom stereocenters. The van der Waals surface area contributed by atoms with Gasteiger partial charge in [0.15, 0.2) is 5.69 Å². The molecule has 2 aromatic heterocycles. The van der Waals surface area contributed by atoms with Crippen molar-refractivity contribution < 1.29 is 18.3 Å². The van der Waals surface area contributed by atoms with Crippen LogP contribution in [0.4, 0.5) is 8.78 Å². The van der Waals surface area contributed by atoms with Crippen LogP contribution in [0.1, 0.15) is 29.5 Å². The zero-order valence-corrected chi connectivity index (χ0v) is 8.93. The van der Waals surface area contributed by atoms with Crippen LogP contribution in [0.5, 0.6) is 0 Å². The van der Waals surface area contributed by atoms with Crippen LogP contribution in [0.2, 0.25) is 0 Å². The predicted molar refractivity (Wildman–Crippen MR) is 53.9 cm³/mol. The van der Waals surface area contributed by atoms with Crippen molar-refractivity contribution in [3.05, 3.63) is 29.8 Å². The van der Waals surface area contributed by atoms with Crippen LogP contribution in [0.15, 0.2) is 18.5 Å². The minimum atomic E-state index is -2.66. The number of carbonyl (C=O) groups is 1. The summed E-state index contributed by atoms with van der Waals surface area (Å²) in [6.45, 7) is 1.85. The fourth-order valence-electron chi connectivity index (χ4n) is 1.39. The maximum atomic E-state index is 12.7. The molecule has 2 heterocycles. The van der Waals surface area contributed by atoms with E-state index in [1.807, 2.05) is 0 Å². The average molecular weight is 241 g/mol. The molecule has 5 nitrogen and oxygen atoms in total. The summed E-state index contributed by atoms with van der Waals surface area (Å²) in [5.41, 5.74) is -0.300. The summed E-state index contributed by atoms with van der Waals surface area (Å²) in [7, 11) is 0. The second kappa shape index (κ2) is 4.44. The number of aromatic nitrogens is 3. The van der Waals surface area contributed by atoms with Gasteiger partial charge in [0.1, 0.15) is 0 Å². The van der Waals surface area contributed by atoms with Crippen LogP contribution in [-0.2, 0) is 4.74 Å². The summed E-state index contributed by atoms with van der Waals surface area (Å²) in [5, 5.41) is 0. The summed E-state index contributed by atoms with van der Waals surface area (Å²) in [6.07, 6.45) is -0.245. The normalized spacial score (nSPS) is 11.1. The highest BCUT2D eigenvalue weighted by Crippen LogP contribution is 2.19. The van der Waals surface area contributed by atoms with Crippen LogP contribution < -0.4 is 0 Å². The van der Waals surface area contributed by atoms with E-state index < -0.39 is 12.4 Å². The first-order chi connectivity index (χ1) is 8.13. The molecule has 2 aromatic rings. The number of carbonyl (C=O) groups excluding carboxylic acids is 1. The molecule has 0 aliphatic rings. The van der Waals surface area contributed by atoms with E-state index in [4.69, 9.17) is 4.74 Å². The number of hydrogen-bond acceptors (Lipinski definition) is 4. The lowest BCUT2D eigenvalue weighted by Crippen LogP contribution is -2.04. The van der Waals surface area contributed by atoms with Crippen molar-refractivity contribution in [3.63, 3.8) is 0 Å². The Morgan fingerprint density at radius 3 is 3.00 bits per heavy atom. The van der Waals surface area contributed by atoms with Crippen LogP contribution in [0.25, 0.3) is 5.78 Å².